The molecule has 1 N–H and O–H groups in total. The van der Waals surface area contributed by atoms with E-state index in [9.17, 15) is 14.7 Å². The lowest BCUT2D eigenvalue weighted by Crippen LogP contribution is -2.29. The molecular weight excluding hydrogens is 596 g/mol. The second-order valence-electron chi connectivity index (χ2n) is 9.12. The van der Waals surface area contributed by atoms with E-state index in [0.717, 1.165) is 12.0 Å². The van der Waals surface area contributed by atoms with Gasteiger partial charge < -0.3 is 14.6 Å². The number of nitrogens with zero attached hydrogens (tertiary/aromatic N) is 4. The molecule has 0 saturated carbocycles. The number of benzene rings is 2. The molecule has 3 heterocycles. The van der Waals surface area contributed by atoms with Crippen LogP contribution < -0.4 is 14.4 Å². The van der Waals surface area contributed by atoms with Crippen LogP contribution in [0.15, 0.2) is 76.9 Å². The number of aliphatic hydroxyl groups is 1. The monoisotopic (exact) mass is 622 g/mol. The zero-order chi connectivity index (χ0) is 29.6. The number of carbonyl (C=O) groups is 2. The Hall–Kier alpha value is -3.93. The molecule has 5 rings (SSSR count). The molecule has 1 saturated heterocycles. The lowest BCUT2D eigenvalue weighted by Gasteiger charge is -2.23. The molecule has 0 bridgehead atoms. The van der Waals surface area contributed by atoms with Gasteiger partial charge in [0.2, 0.25) is 5.13 Å². The van der Waals surface area contributed by atoms with E-state index in [1.807, 2.05) is 38.1 Å². The molecule has 1 fully saturated rings. The molecule has 2 aromatic carbocycles. The van der Waals surface area contributed by atoms with Crippen LogP contribution in [0.5, 0.6) is 11.5 Å². The van der Waals surface area contributed by atoms with E-state index in [4.69, 9.17) is 21.1 Å². The van der Waals surface area contributed by atoms with Gasteiger partial charge in [0, 0.05) is 28.7 Å². The van der Waals surface area contributed by atoms with Crippen LogP contribution in [0.25, 0.3) is 5.76 Å². The summed E-state index contributed by atoms with van der Waals surface area (Å²) in [7, 11) is 0. The first kappa shape index (κ1) is 29.6. The maximum atomic E-state index is 13.6. The van der Waals surface area contributed by atoms with Crippen LogP contribution in [0.3, 0.4) is 0 Å². The molecule has 1 amide bonds. The largest absolute Gasteiger partial charge is 0.507 e. The summed E-state index contributed by atoms with van der Waals surface area (Å²) in [5, 5.41) is 20.7. The highest BCUT2D eigenvalue weighted by Gasteiger charge is 2.48. The quantitative estimate of drug-likeness (QED) is 0.0642. The Balaban J connectivity index is 1.57. The molecule has 1 aliphatic rings. The molecule has 4 aromatic rings. The van der Waals surface area contributed by atoms with Crippen LogP contribution in [0, 0.1) is 0 Å². The van der Waals surface area contributed by atoms with Crippen molar-refractivity contribution >= 4 is 57.3 Å². The molecular formula is C30H27ClN4O5S2. The topological polar surface area (TPSA) is 115 Å². The number of amides is 1. The predicted octanol–water partition coefficient (Wildman–Crippen LogP) is 6.69. The van der Waals surface area contributed by atoms with Crippen molar-refractivity contribution in [1.29, 1.82) is 0 Å². The summed E-state index contributed by atoms with van der Waals surface area (Å²) in [6.45, 7) is 4.74. The van der Waals surface area contributed by atoms with Gasteiger partial charge >= 0.3 is 5.91 Å². The summed E-state index contributed by atoms with van der Waals surface area (Å²) in [6, 6.07) is 14.9. The van der Waals surface area contributed by atoms with Gasteiger partial charge in [-0.3, -0.25) is 19.5 Å². The van der Waals surface area contributed by atoms with Gasteiger partial charge in [-0.1, -0.05) is 65.9 Å². The zero-order valence-corrected chi connectivity index (χ0v) is 25.2. The molecule has 216 valence electrons. The Labute approximate surface area is 256 Å². The first-order valence-electron chi connectivity index (χ1n) is 13.2. The average molecular weight is 623 g/mol. The van der Waals surface area contributed by atoms with Crippen molar-refractivity contribution in [2.75, 3.05) is 18.1 Å². The third kappa shape index (κ3) is 6.13. The van der Waals surface area contributed by atoms with E-state index in [-0.39, 0.29) is 16.5 Å². The van der Waals surface area contributed by atoms with Gasteiger partial charge in [-0.25, -0.2) is 0 Å². The van der Waals surface area contributed by atoms with Crippen molar-refractivity contribution in [3.8, 4) is 11.5 Å². The van der Waals surface area contributed by atoms with Gasteiger partial charge in [-0.05, 0) is 54.8 Å². The maximum Gasteiger partial charge on any atom is 0.301 e. The normalized spacial score (nSPS) is 16.2. The summed E-state index contributed by atoms with van der Waals surface area (Å²) in [5.41, 5.74) is 1.76. The lowest BCUT2D eigenvalue weighted by molar-refractivity contribution is -0.132. The second-order valence-corrected chi connectivity index (χ2v) is 11.7. The summed E-state index contributed by atoms with van der Waals surface area (Å²) in [6.07, 6.45) is 3.81. The number of aromatic nitrogens is 3. The summed E-state index contributed by atoms with van der Waals surface area (Å²) < 4.78 is 12.3. The van der Waals surface area contributed by atoms with Crippen LogP contribution in [0.2, 0.25) is 5.02 Å². The number of ether oxygens (including phenoxy) is 2. The van der Waals surface area contributed by atoms with Crippen LogP contribution in [-0.2, 0) is 15.3 Å². The minimum Gasteiger partial charge on any atom is -0.507 e. The third-order valence-corrected chi connectivity index (χ3v) is 8.83. The summed E-state index contributed by atoms with van der Waals surface area (Å²) in [5.74, 6) is -0.410. The van der Waals surface area contributed by atoms with Gasteiger partial charge in [0.1, 0.15) is 5.76 Å². The van der Waals surface area contributed by atoms with Crippen molar-refractivity contribution in [2.24, 2.45) is 0 Å². The highest BCUT2D eigenvalue weighted by Crippen LogP contribution is 2.45. The minimum atomic E-state index is -0.994. The molecule has 2 aromatic heterocycles. The zero-order valence-electron chi connectivity index (χ0n) is 22.8. The molecule has 0 radical (unpaired) electrons. The number of thioether (sulfide) groups is 1. The molecule has 1 atom stereocenters. The Morgan fingerprint density at radius 3 is 2.57 bits per heavy atom. The number of pyridine rings is 1. The average Bonchev–Trinajstić information content (AvgIpc) is 3.58. The van der Waals surface area contributed by atoms with Crippen molar-refractivity contribution in [2.45, 2.75) is 36.4 Å². The van der Waals surface area contributed by atoms with E-state index < -0.39 is 17.7 Å². The highest BCUT2D eigenvalue weighted by atomic mass is 35.5. The number of anilines is 1. The second kappa shape index (κ2) is 13.4. The number of halogens is 1. The van der Waals surface area contributed by atoms with Gasteiger partial charge in [0.25, 0.3) is 5.78 Å². The molecule has 0 aliphatic carbocycles. The Morgan fingerprint density at radius 2 is 1.83 bits per heavy atom. The van der Waals surface area contributed by atoms with Crippen molar-refractivity contribution in [3.05, 3.63) is 94.3 Å². The number of ketones is 1. The van der Waals surface area contributed by atoms with Gasteiger partial charge in [0.05, 0.1) is 24.8 Å². The number of hydrogen-bond acceptors (Lipinski definition) is 10. The van der Waals surface area contributed by atoms with E-state index in [0.29, 0.717) is 51.0 Å². The number of aliphatic hydroxyl groups excluding tert-OH is 1. The maximum absolute atomic E-state index is 13.6. The molecule has 12 heteroatoms. The van der Waals surface area contributed by atoms with Gasteiger partial charge in [0.15, 0.2) is 15.8 Å². The fourth-order valence-electron chi connectivity index (χ4n) is 4.42. The molecule has 1 aliphatic heterocycles. The fraction of sp³-hybridized carbons (Fsp3) is 0.233. The van der Waals surface area contributed by atoms with Crippen LogP contribution in [0.4, 0.5) is 5.13 Å². The van der Waals surface area contributed by atoms with Crippen LogP contribution in [-0.4, -0.2) is 45.2 Å². The number of hydrogen-bond donors (Lipinski definition) is 1. The first-order valence-corrected chi connectivity index (χ1v) is 15.4. The SMILES string of the molecule is CCCOc1ccc(C2C(=C(O)c3ccncc3)C(=O)C(=O)N2c2nnc(SCc3ccccc3Cl)s2)cc1OCC. The summed E-state index contributed by atoms with van der Waals surface area (Å²) in [4.78, 5) is 32.4. The van der Waals surface area contributed by atoms with E-state index in [1.54, 1.807) is 30.3 Å². The Morgan fingerprint density at radius 1 is 1.05 bits per heavy atom. The number of rotatable bonds is 11. The molecule has 1 unspecified atom stereocenters. The van der Waals surface area contributed by atoms with Crippen molar-refractivity contribution in [1.82, 2.24) is 15.2 Å². The van der Waals surface area contributed by atoms with E-state index in [1.165, 1.54) is 40.4 Å². The molecule has 0 spiro atoms. The number of carbonyl (C=O) groups excluding carboxylic acids is 2. The standard InChI is InChI=1S/C30H27ClN4O5S2/c1-3-15-40-22-10-9-19(16-23(22)39-4-2)25-24(26(36)18-11-13-32-14-12-18)27(37)28(38)35(25)29-33-34-30(42-29)41-17-20-7-5-6-8-21(20)31/h5-14,16,25,36H,3-4,15,17H2,1-2H3. The predicted molar refractivity (Wildman–Crippen MR) is 163 cm³/mol. The molecule has 9 nitrogen and oxygen atoms in total. The van der Waals surface area contributed by atoms with Crippen LogP contribution >= 0.6 is 34.7 Å². The van der Waals surface area contributed by atoms with E-state index in [2.05, 4.69) is 15.2 Å². The van der Waals surface area contributed by atoms with Crippen molar-refractivity contribution in [3.63, 3.8) is 0 Å². The van der Waals surface area contributed by atoms with Crippen LogP contribution in [0.1, 0.15) is 43.0 Å². The smallest absolute Gasteiger partial charge is 0.301 e. The first-order chi connectivity index (χ1) is 20.4. The molecule has 42 heavy (non-hydrogen) atoms. The van der Waals surface area contributed by atoms with Gasteiger partial charge in [-0.15, -0.1) is 10.2 Å². The Kier molecular flexibility index (Phi) is 9.41. The van der Waals surface area contributed by atoms with Crippen molar-refractivity contribution < 1.29 is 24.2 Å². The number of Topliss-reactive ketones (excluding diaryl/α,β-unsaturated/α-hetero) is 1. The highest BCUT2D eigenvalue weighted by molar-refractivity contribution is 8.00. The third-order valence-electron chi connectivity index (χ3n) is 6.35. The fourth-order valence-corrected chi connectivity index (χ4v) is 6.57. The minimum absolute atomic E-state index is 0.0728. The van der Waals surface area contributed by atoms with Gasteiger partial charge in [-0.2, -0.15) is 0 Å². The lowest BCUT2D eigenvalue weighted by atomic mass is 9.95. The van der Waals surface area contributed by atoms with E-state index >= 15 is 0 Å². The Bertz CT molecular complexity index is 1630. The summed E-state index contributed by atoms with van der Waals surface area (Å²) >= 11 is 8.90.